The number of carbonyl (C=O) groups excluding carboxylic acids is 3. The maximum atomic E-state index is 12.8. The van der Waals surface area contributed by atoms with Crippen LogP contribution in [0.3, 0.4) is 0 Å². The lowest BCUT2D eigenvalue weighted by Gasteiger charge is -2.37. The Bertz CT molecular complexity index is 1160. The summed E-state index contributed by atoms with van der Waals surface area (Å²) < 4.78 is 42.3. The van der Waals surface area contributed by atoms with Crippen LogP contribution in [0.5, 0.6) is 5.75 Å². The van der Waals surface area contributed by atoms with Crippen molar-refractivity contribution >= 4 is 23.9 Å². The van der Waals surface area contributed by atoms with Crippen LogP contribution in [0.2, 0.25) is 0 Å². The summed E-state index contributed by atoms with van der Waals surface area (Å²) in [5.41, 5.74) is 0.803. The fraction of sp³-hybridized carbons (Fsp3) is 0.722. The molecule has 17 nitrogen and oxygen atoms in total. The second kappa shape index (κ2) is 27.2. The molecule has 0 radical (unpaired) electrons. The Labute approximate surface area is 313 Å². The minimum atomic E-state index is -0.998. The fourth-order valence-electron chi connectivity index (χ4n) is 5.70. The second-order valence-electron chi connectivity index (χ2n) is 12.2. The third-order valence-corrected chi connectivity index (χ3v) is 8.74. The van der Waals surface area contributed by atoms with E-state index in [1.807, 2.05) is 38.7 Å². The summed E-state index contributed by atoms with van der Waals surface area (Å²) in [6.45, 7) is 8.11. The van der Waals surface area contributed by atoms with Crippen LogP contribution in [0.15, 0.2) is 24.3 Å². The van der Waals surface area contributed by atoms with Crippen LogP contribution in [-0.4, -0.2) is 207 Å². The van der Waals surface area contributed by atoms with Crippen molar-refractivity contribution in [3.05, 3.63) is 29.8 Å². The van der Waals surface area contributed by atoms with Crippen molar-refractivity contribution in [2.75, 3.05) is 147 Å². The van der Waals surface area contributed by atoms with E-state index < -0.39 is 36.0 Å². The molecule has 1 saturated heterocycles. The quantitative estimate of drug-likeness (QED) is 0.0889. The molecule has 53 heavy (non-hydrogen) atoms. The van der Waals surface area contributed by atoms with Crippen LogP contribution in [0.25, 0.3) is 0 Å². The predicted octanol–water partition coefficient (Wildman–Crippen LogP) is -0.114. The molecule has 0 aliphatic carbocycles. The van der Waals surface area contributed by atoms with Gasteiger partial charge in [-0.2, -0.15) is 0 Å². The van der Waals surface area contributed by atoms with Crippen molar-refractivity contribution in [3.8, 4) is 5.75 Å². The van der Waals surface area contributed by atoms with Gasteiger partial charge in [0.15, 0.2) is 0 Å². The lowest BCUT2D eigenvalue weighted by molar-refractivity contribution is -0.150. The van der Waals surface area contributed by atoms with Crippen LogP contribution >= 0.6 is 0 Å². The third-order valence-electron chi connectivity index (χ3n) is 8.74. The lowest BCUT2D eigenvalue weighted by atomic mass is 10.0. The van der Waals surface area contributed by atoms with Gasteiger partial charge in [0.1, 0.15) is 24.4 Å². The molecule has 0 spiro atoms. The molecular formula is C36H60N4O13. The molecule has 2 atom stereocenters. The number of carboxylic acids is 1. The Kier molecular flexibility index (Phi) is 23.5. The zero-order valence-electron chi connectivity index (χ0n) is 32.0. The molecule has 1 fully saturated rings. The molecular weight excluding hydrogens is 696 g/mol. The summed E-state index contributed by atoms with van der Waals surface area (Å²) in [6.07, 6.45) is 0.210. The number of nitrogens with zero attached hydrogens (tertiary/aromatic N) is 4. The molecule has 1 aromatic carbocycles. The average molecular weight is 757 g/mol. The monoisotopic (exact) mass is 756 g/mol. The summed E-state index contributed by atoms with van der Waals surface area (Å²) >= 11 is 0. The normalized spacial score (nSPS) is 16.8. The van der Waals surface area contributed by atoms with Gasteiger partial charge in [0, 0.05) is 66.1 Å². The molecule has 0 saturated carbocycles. The molecule has 0 bridgehead atoms. The van der Waals surface area contributed by atoms with Gasteiger partial charge >= 0.3 is 23.9 Å². The SMILES string of the molecule is CCOCCOCCOCCOc1ccc(CC(C(=O)O)N2CCN(CC(=O)OC)CCN(C(COC)C(=O)OC)CCN(CC(=O)OC)CC2)cc1. The number of benzene rings is 1. The topological polar surface area (TPSA) is 175 Å². The van der Waals surface area contributed by atoms with E-state index in [-0.39, 0.29) is 26.1 Å². The molecule has 1 aliphatic heterocycles. The standard InChI is InChI=1S/C36H60N4O13/c1-6-50-19-20-51-21-22-52-23-24-53-30-9-7-29(8-10-30)25-31(35(43)44)39-15-11-37(26-33(41)47-3)13-17-40(32(28-46-2)36(45)49-5)18-14-38(12-16-39)27-34(42)48-4/h7-10,31-32H,6,11-28H2,1-5H3,(H,43,44). The fourth-order valence-corrected chi connectivity index (χ4v) is 5.70. The summed E-state index contributed by atoms with van der Waals surface area (Å²) in [6, 6.07) is 5.66. The Morgan fingerprint density at radius 3 is 1.55 bits per heavy atom. The maximum absolute atomic E-state index is 12.8. The Balaban J connectivity index is 2.17. The first-order chi connectivity index (χ1) is 25.6. The van der Waals surface area contributed by atoms with Crippen LogP contribution in [0, 0.1) is 0 Å². The van der Waals surface area contributed by atoms with Gasteiger partial charge in [-0.1, -0.05) is 12.1 Å². The van der Waals surface area contributed by atoms with Crippen molar-refractivity contribution in [1.29, 1.82) is 0 Å². The number of rotatable bonds is 23. The molecule has 17 heteroatoms. The summed E-state index contributed by atoms with van der Waals surface area (Å²) in [5.74, 6) is -1.71. The van der Waals surface area contributed by atoms with Gasteiger partial charge < -0.3 is 43.0 Å². The number of carbonyl (C=O) groups is 4. The molecule has 1 aliphatic rings. The first-order valence-electron chi connectivity index (χ1n) is 18.0. The van der Waals surface area contributed by atoms with Gasteiger partial charge in [0.25, 0.3) is 0 Å². The number of aliphatic carboxylic acids is 1. The van der Waals surface area contributed by atoms with Crippen LogP contribution in [-0.2, 0) is 58.8 Å². The zero-order valence-corrected chi connectivity index (χ0v) is 32.0. The Hall–Kier alpha value is -3.42. The number of esters is 3. The molecule has 1 heterocycles. The van der Waals surface area contributed by atoms with Crippen LogP contribution < -0.4 is 4.74 Å². The molecule has 0 aromatic heterocycles. The minimum absolute atomic E-state index is 0.0215. The van der Waals surface area contributed by atoms with Gasteiger partial charge in [-0.15, -0.1) is 0 Å². The maximum Gasteiger partial charge on any atom is 0.325 e. The van der Waals surface area contributed by atoms with Gasteiger partial charge in [0.2, 0.25) is 0 Å². The van der Waals surface area contributed by atoms with Crippen molar-refractivity contribution in [2.45, 2.75) is 25.4 Å². The Morgan fingerprint density at radius 1 is 0.642 bits per heavy atom. The van der Waals surface area contributed by atoms with Crippen LogP contribution in [0.4, 0.5) is 0 Å². The van der Waals surface area contributed by atoms with Gasteiger partial charge in [-0.05, 0) is 31.0 Å². The number of hydrogen-bond donors (Lipinski definition) is 1. The molecule has 1 aromatic rings. The van der Waals surface area contributed by atoms with Crippen LogP contribution in [0.1, 0.15) is 12.5 Å². The predicted molar refractivity (Wildman–Crippen MR) is 193 cm³/mol. The molecule has 2 unspecified atom stereocenters. The Morgan fingerprint density at radius 2 is 1.11 bits per heavy atom. The summed E-state index contributed by atoms with van der Waals surface area (Å²) in [4.78, 5) is 57.9. The van der Waals surface area contributed by atoms with E-state index in [9.17, 15) is 24.3 Å². The molecule has 1 N–H and O–H groups in total. The summed E-state index contributed by atoms with van der Waals surface area (Å²) in [5, 5.41) is 10.5. The summed E-state index contributed by atoms with van der Waals surface area (Å²) in [7, 11) is 5.43. The van der Waals surface area contributed by atoms with E-state index in [1.54, 1.807) is 12.1 Å². The van der Waals surface area contributed by atoms with Crippen molar-refractivity contribution in [1.82, 2.24) is 19.6 Å². The van der Waals surface area contributed by atoms with E-state index in [0.717, 1.165) is 5.56 Å². The first-order valence-corrected chi connectivity index (χ1v) is 18.0. The molecule has 0 amide bonds. The van der Waals surface area contributed by atoms with Gasteiger partial charge in [0.05, 0.1) is 74.1 Å². The van der Waals surface area contributed by atoms with E-state index >= 15 is 0 Å². The second-order valence-corrected chi connectivity index (χ2v) is 12.2. The van der Waals surface area contributed by atoms with Crippen molar-refractivity contribution < 1.29 is 62.2 Å². The minimum Gasteiger partial charge on any atom is -0.491 e. The number of methoxy groups -OCH3 is 4. The van der Waals surface area contributed by atoms with Gasteiger partial charge in [-0.25, -0.2) is 0 Å². The largest absolute Gasteiger partial charge is 0.491 e. The van der Waals surface area contributed by atoms with E-state index in [2.05, 4.69) is 0 Å². The third kappa shape index (κ3) is 18.5. The van der Waals surface area contributed by atoms with Crippen molar-refractivity contribution in [3.63, 3.8) is 0 Å². The smallest absolute Gasteiger partial charge is 0.325 e. The highest BCUT2D eigenvalue weighted by atomic mass is 16.6. The highest BCUT2D eigenvalue weighted by molar-refractivity contribution is 5.76. The number of hydrogen-bond acceptors (Lipinski definition) is 16. The van der Waals surface area contributed by atoms with E-state index in [0.29, 0.717) is 104 Å². The highest BCUT2D eigenvalue weighted by Gasteiger charge is 2.31. The average Bonchev–Trinajstić information content (AvgIpc) is 3.16. The highest BCUT2D eigenvalue weighted by Crippen LogP contribution is 2.17. The number of carboxylic acid groups (broad SMARTS) is 1. The number of ether oxygens (including phenoxy) is 8. The van der Waals surface area contributed by atoms with Gasteiger partial charge in [-0.3, -0.25) is 38.8 Å². The first kappa shape index (κ1) is 45.7. The van der Waals surface area contributed by atoms with E-state index in [1.165, 1.54) is 28.4 Å². The van der Waals surface area contributed by atoms with Crippen molar-refractivity contribution in [2.24, 2.45) is 0 Å². The zero-order chi connectivity index (χ0) is 38.8. The lowest BCUT2D eigenvalue weighted by Crippen LogP contribution is -2.54. The van der Waals surface area contributed by atoms with E-state index in [4.69, 9.17) is 37.9 Å². The molecule has 2 rings (SSSR count). The molecule has 302 valence electrons.